The van der Waals surface area contributed by atoms with E-state index in [1.807, 2.05) is 6.07 Å². The van der Waals surface area contributed by atoms with E-state index in [1.165, 1.54) is 11.1 Å². The van der Waals surface area contributed by atoms with Crippen molar-refractivity contribution in [1.82, 2.24) is 4.90 Å². The van der Waals surface area contributed by atoms with Gasteiger partial charge in [0.2, 0.25) is 0 Å². The molecule has 0 radical (unpaired) electrons. The van der Waals surface area contributed by atoms with Crippen molar-refractivity contribution in [2.24, 2.45) is 5.73 Å². The van der Waals surface area contributed by atoms with Crippen molar-refractivity contribution >= 4 is 0 Å². The topological polar surface area (TPSA) is 42.4 Å². The van der Waals surface area contributed by atoms with Gasteiger partial charge in [-0.1, -0.05) is 11.6 Å². The maximum absolute atomic E-state index is 5.60. The zero-order chi connectivity index (χ0) is 10.7. The van der Waals surface area contributed by atoms with Crippen LogP contribution in [0.2, 0.25) is 0 Å². The number of hydrogen-bond acceptors (Lipinski definition) is 3. The Morgan fingerprint density at radius 1 is 1.53 bits per heavy atom. The predicted octanol–water partition coefficient (Wildman–Crippen LogP) is 1.89. The van der Waals surface area contributed by atoms with E-state index in [4.69, 9.17) is 10.2 Å². The summed E-state index contributed by atoms with van der Waals surface area (Å²) >= 11 is 0. The lowest BCUT2D eigenvalue weighted by molar-refractivity contribution is 0.280. The fourth-order valence-corrected chi connectivity index (χ4v) is 2.05. The fourth-order valence-electron chi connectivity index (χ4n) is 2.05. The number of furan rings is 1. The van der Waals surface area contributed by atoms with Crippen LogP contribution in [0.5, 0.6) is 0 Å². The molecule has 1 aromatic heterocycles. The summed E-state index contributed by atoms with van der Waals surface area (Å²) in [6.07, 6.45) is 5.20. The van der Waals surface area contributed by atoms with Crippen molar-refractivity contribution in [2.75, 3.05) is 13.1 Å². The predicted molar refractivity (Wildman–Crippen MR) is 60.3 cm³/mol. The molecule has 0 saturated heterocycles. The molecule has 0 amide bonds. The zero-order valence-electron chi connectivity index (χ0n) is 9.20. The number of nitrogens with two attached hydrogens (primary N) is 1. The van der Waals surface area contributed by atoms with Crippen LogP contribution in [0.4, 0.5) is 0 Å². The molecule has 2 rings (SSSR count). The van der Waals surface area contributed by atoms with Gasteiger partial charge in [-0.15, -0.1) is 0 Å². The van der Waals surface area contributed by atoms with Gasteiger partial charge in [0.15, 0.2) is 0 Å². The van der Waals surface area contributed by atoms with Crippen molar-refractivity contribution < 1.29 is 4.42 Å². The van der Waals surface area contributed by atoms with E-state index >= 15 is 0 Å². The van der Waals surface area contributed by atoms with Gasteiger partial charge in [0.1, 0.15) is 5.76 Å². The van der Waals surface area contributed by atoms with Gasteiger partial charge in [-0.3, -0.25) is 4.90 Å². The molecule has 0 fully saturated rings. The fraction of sp³-hybridized carbons (Fsp3) is 0.500. The van der Waals surface area contributed by atoms with Crippen LogP contribution in [0, 0.1) is 0 Å². The largest absolute Gasteiger partial charge is 0.468 e. The molecule has 0 atom stereocenters. The second-order valence-electron chi connectivity index (χ2n) is 4.12. The first-order chi connectivity index (χ1) is 7.29. The van der Waals surface area contributed by atoms with Crippen LogP contribution in [0.15, 0.2) is 28.4 Å². The summed E-state index contributed by atoms with van der Waals surface area (Å²) in [5.74, 6) is 0.919. The van der Waals surface area contributed by atoms with Crippen LogP contribution >= 0.6 is 0 Å². The lowest BCUT2D eigenvalue weighted by Crippen LogP contribution is -2.29. The Bertz CT molecular complexity index is 354. The van der Waals surface area contributed by atoms with Crippen molar-refractivity contribution in [3.8, 4) is 0 Å². The Hall–Kier alpha value is -1.06. The molecule has 3 heteroatoms. The Kier molecular flexibility index (Phi) is 3.23. The summed E-state index contributed by atoms with van der Waals surface area (Å²) in [7, 11) is 0. The zero-order valence-corrected chi connectivity index (χ0v) is 9.20. The van der Waals surface area contributed by atoms with Gasteiger partial charge in [0.05, 0.1) is 12.8 Å². The molecule has 2 N–H and O–H groups in total. The monoisotopic (exact) mass is 206 g/mol. The Balaban J connectivity index is 2.00. The van der Waals surface area contributed by atoms with Crippen LogP contribution in [0.1, 0.15) is 24.7 Å². The molecular weight excluding hydrogens is 188 g/mol. The molecule has 3 nitrogen and oxygen atoms in total. The molecule has 0 bridgehead atoms. The van der Waals surface area contributed by atoms with Crippen LogP contribution in [0.25, 0.3) is 0 Å². The highest BCUT2D eigenvalue weighted by molar-refractivity contribution is 5.17. The molecule has 1 aliphatic rings. The van der Waals surface area contributed by atoms with E-state index in [9.17, 15) is 0 Å². The highest BCUT2D eigenvalue weighted by atomic mass is 16.3. The van der Waals surface area contributed by atoms with E-state index in [0.717, 1.165) is 31.8 Å². The molecule has 1 aromatic rings. The average molecular weight is 206 g/mol. The van der Waals surface area contributed by atoms with Gasteiger partial charge in [-0.05, 0) is 19.4 Å². The molecule has 0 aromatic carbocycles. The number of nitrogens with zero attached hydrogens (tertiary/aromatic N) is 1. The molecule has 0 unspecified atom stereocenters. The average Bonchev–Trinajstić information content (AvgIpc) is 2.65. The van der Waals surface area contributed by atoms with Crippen LogP contribution in [-0.4, -0.2) is 18.0 Å². The maximum Gasteiger partial charge on any atom is 0.121 e. The molecule has 2 heterocycles. The standard InChI is InChI=1S/C12H18N2O/c1-10-3-2-5-14(8-10)9-11-4-6-15-12(11)7-13/h3-4,6H,2,5,7-9,13H2,1H3. The normalized spacial score (nSPS) is 17.9. The van der Waals surface area contributed by atoms with E-state index < -0.39 is 0 Å². The second kappa shape index (κ2) is 4.64. The minimum atomic E-state index is 0.491. The lowest BCUT2D eigenvalue weighted by atomic mass is 10.1. The molecule has 1 aliphatic heterocycles. The van der Waals surface area contributed by atoms with Gasteiger partial charge < -0.3 is 10.2 Å². The van der Waals surface area contributed by atoms with E-state index in [1.54, 1.807) is 6.26 Å². The molecule has 0 aliphatic carbocycles. The Morgan fingerprint density at radius 2 is 2.40 bits per heavy atom. The summed E-state index contributed by atoms with van der Waals surface area (Å²) in [6, 6.07) is 2.02. The quantitative estimate of drug-likeness (QED) is 0.768. The van der Waals surface area contributed by atoms with E-state index in [0.29, 0.717) is 6.54 Å². The smallest absolute Gasteiger partial charge is 0.121 e. The summed E-state index contributed by atoms with van der Waals surface area (Å²) in [5, 5.41) is 0. The van der Waals surface area contributed by atoms with Crippen LogP contribution < -0.4 is 5.73 Å². The van der Waals surface area contributed by atoms with Gasteiger partial charge >= 0.3 is 0 Å². The summed E-state index contributed by atoms with van der Waals surface area (Å²) in [6.45, 7) is 5.83. The molecule has 15 heavy (non-hydrogen) atoms. The van der Waals surface area contributed by atoms with Gasteiger partial charge in [0, 0.05) is 25.2 Å². The highest BCUT2D eigenvalue weighted by Gasteiger charge is 2.13. The SMILES string of the molecule is CC1=CCCN(Cc2ccoc2CN)C1. The minimum Gasteiger partial charge on any atom is -0.468 e. The number of rotatable bonds is 3. The molecular formula is C12H18N2O. The van der Waals surface area contributed by atoms with E-state index in [2.05, 4.69) is 17.9 Å². The molecule has 82 valence electrons. The maximum atomic E-state index is 5.60. The van der Waals surface area contributed by atoms with Crippen molar-refractivity contribution in [1.29, 1.82) is 0 Å². The summed E-state index contributed by atoms with van der Waals surface area (Å²) in [4.78, 5) is 2.43. The molecule has 0 spiro atoms. The third kappa shape index (κ3) is 2.49. The first-order valence-corrected chi connectivity index (χ1v) is 5.43. The lowest BCUT2D eigenvalue weighted by Gasteiger charge is -2.25. The summed E-state index contributed by atoms with van der Waals surface area (Å²) < 4.78 is 5.32. The van der Waals surface area contributed by atoms with Crippen molar-refractivity contribution in [3.05, 3.63) is 35.3 Å². The van der Waals surface area contributed by atoms with Crippen LogP contribution in [-0.2, 0) is 13.1 Å². The van der Waals surface area contributed by atoms with Crippen molar-refractivity contribution in [2.45, 2.75) is 26.4 Å². The van der Waals surface area contributed by atoms with Gasteiger partial charge in [0.25, 0.3) is 0 Å². The first-order valence-electron chi connectivity index (χ1n) is 5.43. The first kappa shape index (κ1) is 10.5. The molecule has 0 saturated carbocycles. The summed E-state index contributed by atoms with van der Waals surface area (Å²) in [5.41, 5.74) is 8.29. The van der Waals surface area contributed by atoms with Gasteiger partial charge in [-0.2, -0.15) is 0 Å². The number of hydrogen-bond donors (Lipinski definition) is 1. The third-order valence-corrected chi connectivity index (χ3v) is 2.83. The second-order valence-corrected chi connectivity index (χ2v) is 4.12. The van der Waals surface area contributed by atoms with Crippen LogP contribution in [0.3, 0.4) is 0 Å². The van der Waals surface area contributed by atoms with E-state index in [-0.39, 0.29) is 0 Å². The van der Waals surface area contributed by atoms with Gasteiger partial charge in [-0.25, -0.2) is 0 Å². The Morgan fingerprint density at radius 3 is 3.13 bits per heavy atom. The van der Waals surface area contributed by atoms with Crippen molar-refractivity contribution in [3.63, 3.8) is 0 Å². The third-order valence-electron chi connectivity index (χ3n) is 2.83. The highest BCUT2D eigenvalue weighted by Crippen LogP contribution is 2.16. The Labute approximate surface area is 90.5 Å². The minimum absolute atomic E-state index is 0.491.